The molecule has 3 aromatic heterocycles. The number of piperazine rings is 1. The Balaban J connectivity index is 1.26. The monoisotopic (exact) mass is 394 g/mol. The molecule has 4 rings (SSSR count). The first-order valence-electron chi connectivity index (χ1n) is 9.74. The molecule has 1 saturated heterocycles. The van der Waals surface area contributed by atoms with E-state index < -0.39 is 0 Å². The summed E-state index contributed by atoms with van der Waals surface area (Å²) >= 11 is 0. The normalized spacial score (nSPS) is 15.0. The fourth-order valence-electron chi connectivity index (χ4n) is 3.48. The summed E-state index contributed by atoms with van der Waals surface area (Å²) in [6.45, 7) is 5.12. The van der Waals surface area contributed by atoms with E-state index in [9.17, 15) is 0 Å². The number of rotatable bonds is 5. The molecule has 0 spiro atoms. The third-order valence-electron chi connectivity index (χ3n) is 4.99. The van der Waals surface area contributed by atoms with E-state index in [0.717, 1.165) is 61.4 Å². The number of fused-ring (bicyclic) bond motifs is 1. The Morgan fingerprint density at radius 1 is 1.10 bits per heavy atom. The Kier molecular flexibility index (Phi) is 5.68. The second-order valence-electron chi connectivity index (χ2n) is 6.79. The van der Waals surface area contributed by atoms with Gasteiger partial charge in [-0.05, 0) is 12.1 Å². The summed E-state index contributed by atoms with van der Waals surface area (Å²) in [6, 6.07) is 6.03. The number of aromatic nitrogens is 5. The molecule has 0 saturated carbocycles. The van der Waals surface area contributed by atoms with Gasteiger partial charge in [0.05, 0.1) is 11.6 Å². The summed E-state index contributed by atoms with van der Waals surface area (Å²) in [7, 11) is 3.70. The molecular formula is C19H26N10. The first kappa shape index (κ1) is 18.9. The van der Waals surface area contributed by atoms with Crippen LogP contribution in [-0.2, 0) is 7.05 Å². The molecule has 0 amide bonds. The van der Waals surface area contributed by atoms with Gasteiger partial charge in [-0.15, -0.1) is 0 Å². The van der Waals surface area contributed by atoms with Crippen molar-refractivity contribution in [3.05, 3.63) is 36.9 Å². The highest BCUT2D eigenvalue weighted by atomic mass is 15.4. The molecule has 4 heterocycles. The third-order valence-corrected chi connectivity index (χ3v) is 4.99. The number of pyridine rings is 1. The molecular weight excluding hydrogens is 368 g/mol. The Hall–Kier alpha value is -3.43. The van der Waals surface area contributed by atoms with Gasteiger partial charge in [-0.2, -0.15) is 5.10 Å². The minimum atomic E-state index is 0.716. The number of guanidine groups is 1. The van der Waals surface area contributed by atoms with Crippen molar-refractivity contribution >= 4 is 28.6 Å². The van der Waals surface area contributed by atoms with Crippen LogP contribution in [0, 0.1) is 0 Å². The highest BCUT2D eigenvalue weighted by molar-refractivity contribution is 5.86. The standard InChI is InChI=1S/C19H26N10/c1-20-19(29-11-9-28(10-12-29)16-5-3-4-6-21-16)23-8-7-22-17-15-13-26-27(2)18(15)25-14-24-17/h3-6,13-14H,7-12H2,1-2H3,(H,20,23)(H,22,24,25). The van der Waals surface area contributed by atoms with Gasteiger partial charge >= 0.3 is 0 Å². The maximum absolute atomic E-state index is 4.44. The molecule has 10 heteroatoms. The Morgan fingerprint density at radius 2 is 1.97 bits per heavy atom. The molecule has 0 bridgehead atoms. The van der Waals surface area contributed by atoms with E-state index in [1.165, 1.54) is 0 Å². The lowest BCUT2D eigenvalue weighted by atomic mass is 10.3. The molecule has 3 aromatic rings. The summed E-state index contributed by atoms with van der Waals surface area (Å²) in [4.78, 5) is 22.1. The smallest absolute Gasteiger partial charge is 0.193 e. The highest BCUT2D eigenvalue weighted by Gasteiger charge is 2.20. The molecule has 0 aliphatic carbocycles. The van der Waals surface area contributed by atoms with Crippen molar-refractivity contribution in [3.63, 3.8) is 0 Å². The van der Waals surface area contributed by atoms with Crippen molar-refractivity contribution in [1.29, 1.82) is 0 Å². The lowest BCUT2D eigenvalue weighted by Gasteiger charge is -2.37. The van der Waals surface area contributed by atoms with Gasteiger partial charge < -0.3 is 20.4 Å². The van der Waals surface area contributed by atoms with Crippen LogP contribution >= 0.6 is 0 Å². The van der Waals surface area contributed by atoms with Gasteiger partial charge in [-0.1, -0.05) is 6.07 Å². The minimum Gasteiger partial charge on any atom is -0.368 e. The van der Waals surface area contributed by atoms with E-state index in [4.69, 9.17) is 0 Å². The number of hydrogen-bond donors (Lipinski definition) is 2. The molecule has 0 unspecified atom stereocenters. The van der Waals surface area contributed by atoms with Crippen LogP contribution in [-0.4, -0.2) is 81.9 Å². The minimum absolute atomic E-state index is 0.716. The van der Waals surface area contributed by atoms with Crippen molar-refractivity contribution in [1.82, 2.24) is 34.9 Å². The van der Waals surface area contributed by atoms with Crippen LogP contribution in [0.2, 0.25) is 0 Å². The summed E-state index contributed by atoms with van der Waals surface area (Å²) < 4.78 is 1.74. The van der Waals surface area contributed by atoms with Gasteiger partial charge in [0.25, 0.3) is 0 Å². The van der Waals surface area contributed by atoms with E-state index in [1.54, 1.807) is 17.2 Å². The van der Waals surface area contributed by atoms with E-state index in [1.807, 2.05) is 32.4 Å². The van der Waals surface area contributed by atoms with Crippen molar-refractivity contribution in [2.75, 3.05) is 56.5 Å². The zero-order chi connectivity index (χ0) is 20.1. The van der Waals surface area contributed by atoms with E-state index in [2.05, 4.69) is 51.5 Å². The molecule has 0 aromatic carbocycles. The third kappa shape index (κ3) is 4.20. The molecule has 0 atom stereocenters. The quantitative estimate of drug-likeness (QED) is 0.368. The van der Waals surface area contributed by atoms with Crippen LogP contribution < -0.4 is 15.5 Å². The largest absolute Gasteiger partial charge is 0.368 e. The Bertz CT molecular complexity index is 960. The number of nitrogens with one attached hydrogen (secondary N) is 2. The number of aliphatic imine (C=N–C) groups is 1. The van der Waals surface area contributed by atoms with Crippen molar-refractivity contribution in [2.45, 2.75) is 0 Å². The molecule has 1 fully saturated rings. The topological polar surface area (TPSA) is 99.4 Å². The van der Waals surface area contributed by atoms with Crippen LogP contribution in [0.3, 0.4) is 0 Å². The van der Waals surface area contributed by atoms with Crippen molar-refractivity contribution in [2.24, 2.45) is 12.0 Å². The van der Waals surface area contributed by atoms with Gasteiger partial charge in [0, 0.05) is 59.6 Å². The second kappa shape index (κ2) is 8.72. The maximum atomic E-state index is 4.44. The molecule has 2 N–H and O–H groups in total. The molecule has 10 nitrogen and oxygen atoms in total. The predicted molar refractivity (Wildman–Crippen MR) is 114 cm³/mol. The summed E-state index contributed by atoms with van der Waals surface area (Å²) in [5, 5.41) is 11.9. The Labute approximate surface area is 169 Å². The van der Waals surface area contributed by atoms with Crippen LogP contribution in [0.15, 0.2) is 41.9 Å². The average Bonchev–Trinajstić information content (AvgIpc) is 3.16. The number of aryl methyl sites for hydroxylation is 1. The maximum Gasteiger partial charge on any atom is 0.193 e. The zero-order valence-corrected chi connectivity index (χ0v) is 16.8. The number of anilines is 2. The van der Waals surface area contributed by atoms with Crippen LogP contribution in [0.1, 0.15) is 0 Å². The number of hydrogen-bond acceptors (Lipinski definition) is 7. The Morgan fingerprint density at radius 3 is 2.72 bits per heavy atom. The summed E-state index contributed by atoms with van der Waals surface area (Å²) in [5.41, 5.74) is 0.817. The van der Waals surface area contributed by atoms with Gasteiger partial charge in [0.1, 0.15) is 18.0 Å². The highest BCUT2D eigenvalue weighted by Crippen LogP contribution is 2.17. The van der Waals surface area contributed by atoms with Gasteiger partial charge in [0.15, 0.2) is 11.6 Å². The SMILES string of the molecule is CN=C(NCCNc1ncnc2c1cnn2C)N1CCN(c2ccccn2)CC1. The van der Waals surface area contributed by atoms with Crippen molar-refractivity contribution < 1.29 is 0 Å². The fourth-order valence-corrected chi connectivity index (χ4v) is 3.48. The zero-order valence-electron chi connectivity index (χ0n) is 16.8. The van der Waals surface area contributed by atoms with E-state index in [-0.39, 0.29) is 0 Å². The summed E-state index contributed by atoms with van der Waals surface area (Å²) in [6.07, 6.45) is 5.18. The second-order valence-corrected chi connectivity index (χ2v) is 6.79. The van der Waals surface area contributed by atoms with Gasteiger partial charge in [-0.25, -0.2) is 15.0 Å². The fraction of sp³-hybridized carbons (Fsp3) is 0.421. The molecule has 29 heavy (non-hydrogen) atoms. The van der Waals surface area contributed by atoms with Crippen LogP contribution in [0.25, 0.3) is 11.0 Å². The average molecular weight is 394 g/mol. The van der Waals surface area contributed by atoms with Crippen LogP contribution in [0.4, 0.5) is 11.6 Å². The van der Waals surface area contributed by atoms with Crippen molar-refractivity contribution in [3.8, 4) is 0 Å². The van der Waals surface area contributed by atoms with Crippen LogP contribution in [0.5, 0.6) is 0 Å². The molecule has 0 radical (unpaired) electrons. The lowest BCUT2D eigenvalue weighted by Crippen LogP contribution is -2.53. The van der Waals surface area contributed by atoms with Gasteiger partial charge in [0.2, 0.25) is 0 Å². The molecule has 152 valence electrons. The lowest BCUT2D eigenvalue weighted by molar-refractivity contribution is 0.372. The van der Waals surface area contributed by atoms with Gasteiger partial charge in [-0.3, -0.25) is 9.67 Å². The summed E-state index contributed by atoms with van der Waals surface area (Å²) in [5.74, 6) is 2.75. The molecule has 1 aliphatic heterocycles. The van der Waals surface area contributed by atoms with E-state index >= 15 is 0 Å². The van der Waals surface area contributed by atoms with E-state index in [0.29, 0.717) is 6.54 Å². The first-order chi connectivity index (χ1) is 14.3. The molecule has 1 aliphatic rings. The first-order valence-corrected chi connectivity index (χ1v) is 9.74. The predicted octanol–water partition coefficient (Wildman–Crippen LogP) is 0.568. The number of nitrogens with zero attached hydrogens (tertiary/aromatic N) is 8.